The van der Waals surface area contributed by atoms with Gasteiger partial charge in [-0.3, -0.25) is 4.79 Å². The number of amides is 1. The average molecular weight is 213 g/mol. The van der Waals surface area contributed by atoms with Crippen LogP contribution in [-0.4, -0.2) is 55.0 Å². The van der Waals surface area contributed by atoms with Crippen LogP contribution in [0.1, 0.15) is 20.3 Å². The minimum absolute atomic E-state index is 0.292. The molecule has 4 heteroatoms. The summed E-state index contributed by atoms with van der Waals surface area (Å²) in [6.45, 7) is 9.51. The summed E-state index contributed by atoms with van der Waals surface area (Å²) in [4.78, 5) is 15.9. The van der Waals surface area contributed by atoms with Gasteiger partial charge in [0, 0.05) is 39.1 Å². The fourth-order valence-corrected chi connectivity index (χ4v) is 1.94. The Bertz CT molecular complexity index is 208. The molecule has 1 aliphatic heterocycles. The van der Waals surface area contributed by atoms with E-state index in [1.807, 2.05) is 11.8 Å². The number of nitrogens with two attached hydrogens (primary N) is 1. The molecule has 0 radical (unpaired) electrons. The van der Waals surface area contributed by atoms with Crippen LogP contribution in [0, 0.1) is 5.92 Å². The van der Waals surface area contributed by atoms with Crippen LogP contribution in [0.5, 0.6) is 0 Å². The van der Waals surface area contributed by atoms with Crippen molar-refractivity contribution in [1.29, 1.82) is 0 Å². The quantitative estimate of drug-likeness (QED) is 0.722. The average Bonchev–Trinajstić information content (AvgIpc) is 2.41. The van der Waals surface area contributed by atoms with Gasteiger partial charge >= 0.3 is 0 Å². The molecule has 88 valence electrons. The Labute approximate surface area is 92.4 Å². The Morgan fingerprint density at radius 3 is 2.73 bits per heavy atom. The smallest absolute Gasteiger partial charge is 0.223 e. The molecule has 0 bridgehead atoms. The molecule has 1 amide bonds. The molecule has 0 aromatic rings. The molecule has 15 heavy (non-hydrogen) atoms. The summed E-state index contributed by atoms with van der Waals surface area (Å²) >= 11 is 0. The van der Waals surface area contributed by atoms with Gasteiger partial charge < -0.3 is 15.5 Å². The Morgan fingerprint density at radius 1 is 1.40 bits per heavy atom. The van der Waals surface area contributed by atoms with Crippen molar-refractivity contribution in [2.75, 3.05) is 39.3 Å². The number of likely N-dealkylation sites (N-methyl/N-ethyl adjacent to an activating group) is 1. The maximum absolute atomic E-state index is 11.6. The maximum Gasteiger partial charge on any atom is 0.223 e. The van der Waals surface area contributed by atoms with Gasteiger partial charge in [0.25, 0.3) is 0 Å². The third-order valence-electron chi connectivity index (χ3n) is 3.03. The lowest BCUT2D eigenvalue weighted by Gasteiger charge is -2.23. The third-order valence-corrected chi connectivity index (χ3v) is 3.03. The van der Waals surface area contributed by atoms with Crippen molar-refractivity contribution in [1.82, 2.24) is 9.80 Å². The Balaban J connectivity index is 2.41. The fraction of sp³-hybridized carbons (Fsp3) is 0.909. The van der Waals surface area contributed by atoms with E-state index in [2.05, 4.69) is 11.8 Å². The SMILES string of the molecule is CCN1CCN(CC(C)CN)CCC1=O. The van der Waals surface area contributed by atoms with E-state index in [-0.39, 0.29) is 0 Å². The standard InChI is InChI=1S/C11H23N3O/c1-3-14-7-6-13(5-4-11(14)15)9-10(2)8-12/h10H,3-9,12H2,1-2H3. The lowest BCUT2D eigenvalue weighted by molar-refractivity contribution is -0.130. The first-order valence-corrected chi connectivity index (χ1v) is 5.87. The minimum Gasteiger partial charge on any atom is -0.342 e. The minimum atomic E-state index is 0.292. The topological polar surface area (TPSA) is 49.6 Å². The molecule has 1 saturated heterocycles. The molecular weight excluding hydrogens is 190 g/mol. The molecular formula is C11H23N3O. The molecule has 4 nitrogen and oxygen atoms in total. The van der Waals surface area contributed by atoms with E-state index >= 15 is 0 Å². The van der Waals surface area contributed by atoms with E-state index < -0.39 is 0 Å². The molecule has 1 heterocycles. The van der Waals surface area contributed by atoms with E-state index in [4.69, 9.17) is 5.73 Å². The Kier molecular flexibility index (Phi) is 5.05. The zero-order valence-corrected chi connectivity index (χ0v) is 9.91. The molecule has 0 saturated carbocycles. The predicted octanol–water partition coefficient (Wildman–Crippen LogP) is 0.135. The lowest BCUT2D eigenvalue weighted by atomic mass is 10.1. The number of carbonyl (C=O) groups excluding carboxylic acids is 1. The Morgan fingerprint density at radius 2 is 2.13 bits per heavy atom. The van der Waals surface area contributed by atoms with Crippen molar-refractivity contribution in [2.45, 2.75) is 20.3 Å². The highest BCUT2D eigenvalue weighted by atomic mass is 16.2. The van der Waals surface area contributed by atoms with E-state index in [9.17, 15) is 4.79 Å². The maximum atomic E-state index is 11.6. The van der Waals surface area contributed by atoms with Gasteiger partial charge in [-0.2, -0.15) is 0 Å². The highest BCUT2D eigenvalue weighted by Gasteiger charge is 2.19. The number of hydrogen-bond acceptors (Lipinski definition) is 3. The van der Waals surface area contributed by atoms with Gasteiger partial charge in [0.15, 0.2) is 0 Å². The monoisotopic (exact) mass is 213 g/mol. The zero-order valence-electron chi connectivity index (χ0n) is 9.91. The summed E-state index contributed by atoms with van der Waals surface area (Å²) in [5.74, 6) is 0.814. The van der Waals surface area contributed by atoms with Gasteiger partial charge in [-0.1, -0.05) is 6.92 Å². The van der Waals surface area contributed by atoms with Gasteiger partial charge in [0.05, 0.1) is 0 Å². The van der Waals surface area contributed by atoms with Crippen molar-refractivity contribution < 1.29 is 4.79 Å². The fourth-order valence-electron chi connectivity index (χ4n) is 1.94. The van der Waals surface area contributed by atoms with Gasteiger partial charge in [-0.15, -0.1) is 0 Å². The van der Waals surface area contributed by atoms with Gasteiger partial charge in [-0.05, 0) is 19.4 Å². The summed E-state index contributed by atoms with van der Waals surface area (Å²) in [6.07, 6.45) is 0.658. The molecule has 0 aliphatic carbocycles. The molecule has 2 N–H and O–H groups in total. The first-order valence-electron chi connectivity index (χ1n) is 5.87. The largest absolute Gasteiger partial charge is 0.342 e. The molecule has 1 unspecified atom stereocenters. The first-order chi connectivity index (χ1) is 7.17. The Hall–Kier alpha value is -0.610. The summed E-state index contributed by atoms with van der Waals surface area (Å²) < 4.78 is 0. The van der Waals surface area contributed by atoms with Crippen molar-refractivity contribution >= 4 is 5.91 Å². The van der Waals surface area contributed by atoms with Crippen LogP contribution < -0.4 is 5.73 Å². The second-order valence-electron chi connectivity index (χ2n) is 4.36. The second kappa shape index (κ2) is 6.08. The lowest BCUT2D eigenvalue weighted by Crippen LogP contribution is -2.35. The van der Waals surface area contributed by atoms with E-state index in [0.29, 0.717) is 18.2 Å². The molecule has 0 spiro atoms. The molecule has 1 rings (SSSR count). The second-order valence-corrected chi connectivity index (χ2v) is 4.36. The molecule has 1 fully saturated rings. The number of hydrogen-bond donors (Lipinski definition) is 1. The molecule has 1 aliphatic rings. The third kappa shape index (κ3) is 3.80. The highest BCUT2D eigenvalue weighted by Crippen LogP contribution is 2.06. The van der Waals surface area contributed by atoms with Crippen LogP contribution in [0.15, 0.2) is 0 Å². The van der Waals surface area contributed by atoms with Crippen LogP contribution in [0.4, 0.5) is 0 Å². The number of carbonyl (C=O) groups is 1. The first kappa shape index (κ1) is 12.5. The normalized spacial score (nSPS) is 21.5. The molecule has 0 aromatic carbocycles. The van der Waals surface area contributed by atoms with Crippen molar-refractivity contribution in [3.63, 3.8) is 0 Å². The van der Waals surface area contributed by atoms with Crippen molar-refractivity contribution in [3.05, 3.63) is 0 Å². The van der Waals surface area contributed by atoms with Crippen LogP contribution in [0.3, 0.4) is 0 Å². The molecule has 0 aromatic heterocycles. The van der Waals surface area contributed by atoms with Crippen molar-refractivity contribution in [2.24, 2.45) is 11.7 Å². The van der Waals surface area contributed by atoms with Crippen LogP contribution in [-0.2, 0) is 4.79 Å². The predicted molar refractivity (Wildman–Crippen MR) is 61.5 cm³/mol. The van der Waals surface area contributed by atoms with E-state index in [0.717, 1.165) is 39.3 Å². The van der Waals surface area contributed by atoms with E-state index in [1.165, 1.54) is 0 Å². The summed E-state index contributed by atoms with van der Waals surface area (Å²) in [6, 6.07) is 0. The van der Waals surface area contributed by atoms with Gasteiger partial charge in [-0.25, -0.2) is 0 Å². The van der Waals surface area contributed by atoms with Gasteiger partial charge in [0.1, 0.15) is 0 Å². The molecule has 1 atom stereocenters. The van der Waals surface area contributed by atoms with Crippen molar-refractivity contribution in [3.8, 4) is 0 Å². The van der Waals surface area contributed by atoms with E-state index in [1.54, 1.807) is 0 Å². The van der Waals surface area contributed by atoms with Gasteiger partial charge in [0.2, 0.25) is 5.91 Å². The number of rotatable bonds is 4. The zero-order chi connectivity index (χ0) is 11.3. The summed E-state index contributed by atoms with van der Waals surface area (Å²) in [5, 5.41) is 0. The highest BCUT2D eigenvalue weighted by molar-refractivity contribution is 5.76. The van der Waals surface area contributed by atoms with Crippen LogP contribution in [0.2, 0.25) is 0 Å². The summed E-state index contributed by atoms with van der Waals surface area (Å²) in [5.41, 5.74) is 5.61. The van der Waals surface area contributed by atoms with Crippen LogP contribution >= 0.6 is 0 Å². The number of nitrogens with zero attached hydrogens (tertiary/aromatic N) is 2. The summed E-state index contributed by atoms with van der Waals surface area (Å²) in [7, 11) is 0. The van der Waals surface area contributed by atoms with Crippen LogP contribution in [0.25, 0.3) is 0 Å².